The molecule has 1 fully saturated rings. The third-order valence-electron chi connectivity index (χ3n) is 6.52. The van der Waals surface area contributed by atoms with Crippen molar-refractivity contribution >= 4 is 29.1 Å². The number of nitrogens with one attached hydrogen (secondary N) is 3. The minimum absolute atomic E-state index is 0.127. The molecule has 188 valence electrons. The van der Waals surface area contributed by atoms with Crippen LogP contribution in [0.3, 0.4) is 0 Å². The van der Waals surface area contributed by atoms with Crippen LogP contribution in [0.1, 0.15) is 39.6 Å². The molecule has 3 heterocycles. The van der Waals surface area contributed by atoms with Crippen molar-refractivity contribution in [2.24, 2.45) is 5.73 Å². The van der Waals surface area contributed by atoms with Gasteiger partial charge in [0.05, 0.1) is 0 Å². The number of nitrogens with two attached hydrogens (primary N) is 1. The monoisotopic (exact) mass is 495 g/mol. The molecule has 0 aliphatic carbocycles. The molecule has 0 saturated carbocycles. The minimum atomic E-state index is -0.604. The van der Waals surface area contributed by atoms with Gasteiger partial charge < -0.3 is 21.3 Å². The average Bonchev–Trinajstić information content (AvgIpc) is 3.53. The summed E-state index contributed by atoms with van der Waals surface area (Å²) in [4.78, 5) is 31.4. The molecule has 0 radical (unpaired) electrons. The predicted molar refractivity (Wildman–Crippen MR) is 144 cm³/mol. The van der Waals surface area contributed by atoms with Gasteiger partial charge in [0.15, 0.2) is 0 Å². The zero-order chi connectivity index (χ0) is 25.9. The Hall–Kier alpha value is -4.66. The van der Waals surface area contributed by atoms with Crippen molar-refractivity contribution in [2.45, 2.75) is 26.2 Å². The molecule has 3 amide bonds. The Kier molecular flexibility index (Phi) is 6.59. The normalized spacial score (nSPS) is 15.0. The number of pyridine rings is 1. The number of likely N-dealkylation sites (tertiary alicyclic amines) is 1. The number of aryl methyl sites for hydroxylation is 2. The van der Waals surface area contributed by atoms with Crippen LogP contribution in [0.4, 0.5) is 22.0 Å². The number of nitrogens with zero attached hydrogens (tertiary/aromatic N) is 3. The molecule has 1 unspecified atom stereocenters. The Morgan fingerprint density at radius 2 is 1.70 bits per heavy atom. The van der Waals surface area contributed by atoms with Crippen LogP contribution in [0.2, 0.25) is 0 Å². The van der Waals surface area contributed by atoms with Crippen LogP contribution >= 0.6 is 0 Å². The van der Waals surface area contributed by atoms with E-state index in [9.17, 15) is 9.59 Å². The van der Waals surface area contributed by atoms with Gasteiger partial charge in [-0.3, -0.25) is 14.9 Å². The molecule has 2 aromatic carbocycles. The summed E-state index contributed by atoms with van der Waals surface area (Å²) < 4.78 is 0. The highest BCUT2D eigenvalue weighted by atomic mass is 16.2. The topological polar surface area (TPSA) is 129 Å². The second kappa shape index (κ2) is 10.1. The van der Waals surface area contributed by atoms with Gasteiger partial charge in [0.25, 0.3) is 5.91 Å². The molecule has 1 atom stereocenters. The third kappa shape index (κ3) is 5.30. The highest BCUT2D eigenvalue weighted by Crippen LogP contribution is 2.30. The smallest absolute Gasteiger partial charge is 0.321 e. The number of hydrogen-bond acceptors (Lipinski definition) is 5. The zero-order valence-corrected chi connectivity index (χ0v) is 20.8. The molecule has 9 heteroatoms. The average molecular weight is 496 g/mol. The van der Waals surface area contributed by atoms with E-state index in [1.807, 2.05) is 49.1 Å². The molecule has 1 aliphatic heterocycles. The lowest BCUT2D eigenvalue weighted by molar-refractivity contribution is 0.100. The first-order valence-corrected chi connectivity index (χ1v) is 12.2. The molecule has 1 aliphatic rings. The molecule has 0 bridgehead atoms. The van der Waals surface area contributed by atoms with Crippen LogP contribution in [0.5, 0.6) is 0 Å². The number of carbonyl (C=O) groups excluding carboxylic acids is 2. The van der Waals surface area contributed by atoms with Gasteiger partial charge in [-0.15, -0.1) is 0 Å². The van der Waals surface area contributed by atoms with Crippen molar-refractivity contribution in [3.8, 4) is 11.3 Å². The Morgan fingerprint density at radius 1 is 1.00 bits per heavy atom. The summed E-state index contributed by atoms with van der Waals surface area (Å²) in [6.07, 6.45) is 0.945. The Morgan fingerprint density at radius 3 is 2.38 bits per heavy atom. The first-order valence-electron chi connectivity index (χ1n) is 12.2. The van der Waals surface area contributed by atoms with E-state index in [1.165, 1.54) is 5.56 Å². The number of anilines is 3. The molecule has 0 spiro atoms. The predicted octanol–water partition coefficient (Wildman–Crippen LogP) is 4.95. The maximum absolute atomic E-state index is 12.8. The fourth-order valence-corrected chi connectivity index (χ4v) is 4.79. The summed E-state index contributed by atoms with van der Waals surface area (Å²) in [5.74, 6) is 0.156. The summed E-state index contributed by atoms with van der Waals surface area (Å²) in [5.41, 5.74) is 11.5. The fourth-order valence-electron chi connectivity index (χ4n) is 4.79. The van der Waals surface area contributed by atoms with Crippen LogP contribution in [0.25, 0.3) is 11.3 Å². The molecular weight excluding hydrogens is 466 g/mol. The summed E-state index contributed by atoms with van der Waals surface area (Å²) in [5, 5.41) is 13.4. The third-order valence-corrected chi connectivity index (χ3v) is 6.52. The van der Waals surface area contributed by atoms with Gasteiger partial charge in [-0.1, -0.05) is 42.5 Å². The zero-order valence-electron chi connectivity index (χ0n) is 20.8. The van der Waals surface area contributed by atoms with Crippen LogP contribution in [0.15, 0.2) is 66.7 Å². The summed E-state index contributed by atoms with van der Waals surface area (Å²) in [6.45, 7) is 5.20. The van der Waals surface area contributed by atoms with Crippen LogP contribution in [0, 0.1) is 13.8 Å². The SMILES string of the molecule is Cc1cc(Nc2[nH]nc(-c3ccc(NC(=O)N4CCC(c5ccccc5)C4)cc3)c2C(N)=O)cc(C)n1. The summed E-state index contributed by atoms with van der Waals surface area (Å²) in [7, 11) is 0. The van der Waals surface area contributed by atoms with E-state index in [1.54, 1.807) is 24.3 Å². The minimum Gasteiger partial charge on any atom is -0.365 e. The van der Waals surface area contributed by atoms with E-state index in [0.717, 1.165) is 23.5 Å². The van der Waals surface area contributed by atoms with Crippen molar-refractivity contribution in [1.82, 2.24) is 20.1 Å². The highest BCUT2D eigenvalue weighted by Gasteiger charge is 2.27. The van der Waals surface area contributed by atoms with Gasteiger partial charge in [-0.25, -0.2) is 4.79 Å². The maximum atomic E-state index is 12.8. The summed E-state index contributed by atoms with van der Waals surface area (Å²) >= 11 is 0. The van der Waals surface area contributed by atoms with Crippen LogP contribution in [-0.2, 0) is 0 Å². The van der Waals surface area contributed by atoms with E-state index >= 15 is 0 Å². The largest absolute Gasteiger partial charge is 0.365 e. The molecule has 1 saturated heterocycles. The molecule has 37 heavy (non-hydrogen) atoms. The van der Waals surface area contributed by atoms with Crippen LogP contribution < -0.4 is 16.4 Å². The maximum Gasteiger partial charge on any atom is 0.321 e. The van der Waals surface area contributed by atoms with Crippen molar-refractivity contribution in [1.29, 1.82) is 0 Å². The summed E-state index contributed by atoms with van der Waals surface area (Å²) in [6, 6.07) is 21.1. The van der Waals surface area contributed by atoms with Crippen molar-refractivity contribution < 1.29 is 9.59 Å². The lowest BCUT2D eigenvalue weighted by atomic mass is 9.99. The van der Waals surface area contributed by atoms with Crippen LogP contribution in [-0.4, -0.2) is 45.1 Å². The fraction of sp³-hybridized carbons (Fsp3) is 0.214. The molecule has 9 nitrogen and oxygen atoms in total. The Labute approximate surface area is 215 Å². The number of amides is 3. The first-order chi connectivity index (χ1) is 17.9. The number of aromatic nitrogens is 3. The number of primary amides is 1. The number of carbonyl (C=O) groups is 2. The van der Waals surface area contributed by atoms with Gasteiger partial charge in [0.1, 0.15) is 17.1 Å². The van der Waals surface area contributed by atoms with Gasteiger partial charge in [-0.05, 0) is 50.1 Å². The second-order valence-electron chi connectivity index (χ2n) is 9.30. The molecular formula is C28H29N7O2. The number of hydrogen-bond donors (Lipinski definition) is 4. The van der Waals surface area contributed by atoms with Gasteiger partial charge >= 0.3 is 6.03 Å². The number of rotatable bonds is 6. The van der Waals surface area contributed by atoms with E-state index < -0.39 is 5.91 Å². The number of H-pyrrole nitrogens is 1. The Balaban J connectivity index is 1.28. The standard InChI is InChI=1S/C28H29N7O2/c1-17-14-23(15-18(2)30-17)31-27-24(26(29)36)25(33-34-27)20-8-10-22(11-9-20)32-28(37)35-13-12-21(16-35)19-6-4-3-5-7-19/h3-11,14-15,21H,12-13,16H2,1-2H3,(H2,29,36)(H,32,37)(H2,30,31,33,34). The second-order valence-corrected chi connectivity index (χ2v) is 9.30. The number of aromatic amines is 1. The number of urea groups is 1. The molecule has 5 N–H and O–H groups in total. The quantitative estimate of drug-likeness (QED) is 0.301. The van der Waals surface area contributed by atoms with Gasteiger partial charge in [-0.2, -0.15) is 5.10 Å². The van der Waals surface area contributed by atoms with Gasteiger partial charge in [0, 0.05) is 47.3 Å². The van der Waals surface area contributed by atoms with E-state index in [4.69, 9.17) is 5.73 Å². The van der Waals surface area contributed by atoms with Crippen molar-refractivity contribution in [2.75, 3.05) is 23.7 Å². The van der Waals surface area contributed by atoms with E-state index in [2.05, 4.69) is 37.9 Å². The highest BCUT2D eigenvalue weighted by molar-refractivity contribution is 6.04. The first kappa shape index (κ1) is 24.1. The van der Waals surface area contributed by atoms with Crippen molar-refractivity contribution in [3.05, 3.63) is 89.2 Å². The molecule has 4 aromatic rings. The van der Waals surface area contributed by atoms with E-state index in [-0.39, 0.29) is 11.6 Å². The lowest BCUT2D eigenvalue weighted by Gasteiger charge is -2.17. The lowest BCUT2D eigenvalue weighted by Crippen LogP contribution is -2.32. The molecule has 5 rings (SSSR count). The van der Waals surface area contributed by atoms with Gasteiger partial charge in [0.2, 0.25) is 0 Å². The Bertz CT molecular complexity index is 1410. The van der Waals surface area contributed by atoms with Crippen molar-refractivity contribution in [3.63, 3.8) is 0 Å². The van der Waals surface area contributed by atoms with E-state index in [0.29, 0.717) is 41.8 Å². The molecule has 2 aromatic heterocycles. The number of benzene rings is 2.